The van der Waals surface area contributed by atoms with E-state index in [1.165, 1.54) is 28.3 Å². The van der Waals surface area contributed by atoms with Crippen molar-refractivity contribution >= 4 is 23.4 Å². The second-order valence-corrected chi connectivity index (χ2v) is 17.2. The van der Waals surface area contributed by atoms with Crippen LogP contribution in [0.5, 0.6) is 0 Å². The molecule has 1 aliphatic carbocycles. The number of ketones is 2. The van der Waals surface area contributed by atoms with Crippen LogP contribution in [-0.2, 0) is 38.1 Å². The van der Waals surface area contributed by atoms with Crippen molar-refractivity contribution in [3.63, 3.8) is 0 Å². The average Bonchev–Trinajstić information content (AvgIpc) is 3.19. The van der Waals surface area contributed by atoms with Crippen LogP contribution in [0.15, 0.2) is 36.0 Å². The third-order valence-corrected chi connectivity index (χ3v) is 12.5. The van der Waals surface area contributed by atoms with Crippen LogP contribution in [0, 0.1) is 29.6 Å². The Morgan fingerprint density at radius 1 is 0.897 bits per heavy atom. The summed E-state index contributed by atoms with van der Waals surface area (Å²) in [5, 5.41) is 55.9. The minimum Gasteiger partial charge on any atom is -0.456 e. The summed E-state index contributed by atoms with van der Waals surface area (Å²) in [7, 11) is 4.35. The molecule has 1 saturated carbocycles. The maximum atomic E-state index is 14.2. The van der Waals surface area contributed by atoms with Crippen LogP contribution >= 0.6 is 0 Å². The number of aliphatic hydroxyl groups is 5. The highest BCUT2D eigenvalue weighted by atomic mass is 16.6. The van der Waals surface area contributed by atoms with Crippen LogP contribution in [-0.4, -0.2) is 136 Å². The molecule has 0 aromatic heterocycles. The van der Waals surface area contributed by atoms with Crippen molar-refractivity contribution < 1.29 is 63.7 Å². The van der Waals surface area contributed by atoms with Gasteiger partial charge in [-0.25, -0.2) is 4.79 Å². The number of allylic oxidation sites excluding steroid dienone is 4. The standard InChI is InChI=1S/C44H71NO13/c1-10-13-31-19-25(2)18-26(3)20-37(56-8)39(49)38(57-9)22-28(5)41(50)44(53,54)43(52)45-17-12-11-14-32(45)42(51)58-40(29(6)34(47)24-35(31)48)27(4)21-30-15-16-33(46)36(23-30)55-7/h10,19,21,26,28-34,36-40,46-47,49,53-54H,1,11-18,20,22-24H2,2-9H3/b25-19+,27-21+/t26-,28+,29+,30-,31+,32-,33+,34-,36+,37-,38-,39+,40+/m0/s1. The maximum Gasteiger partial charge on any atom is 0.329 e. The van der Waals surface area contributed by atoms with Gasteiger partial charge in [-0.1, -0.05) is 44.6 Å². The number of rotatable bonds is 7. The van der Waals surface area contributed by atoms with Gasteiger partial charge in [0.1, 0.15) is 24.0 Å². The van der Waals surface area contributed by atoms with E-state index in [2.05, 4.69) is 6.58 Å². The fourth-order valence-corrected chi connectivity index (χ4v) is 9.01. The Bertz CT molecular complexity index is 1460. The Morgan fingerprint density at radius 3 is 2.16 bits per heavy atom. The summed E-state index contributed by atoms with van der Waals surface area (Å²) in [6.07, 6.45) is 2.82. The maximum absolute atomic E-state index is 14.2. The summed E-state index contributed by atoms with van der Waals surface area (Å²) < 4.78 is 22.9. The lowest BCUT2D eigenvalue weighted by Crippen LogP contribution is -2.61. The van der Waals surface area contributed by atoms with Gasteiger partial charge in [0, 0.05) is 52.0 Å². The highest BCUT2D eigenvalue weighted by Crippen LogP contribution is 2.33. The molecule has 58 heavy (non-hydrogen) atoms. The minimum atomic E-state index is -3.50. The van der Waals surface area contributed by atoms with E-state index in [0.29, 0.717) is 56.9 Å². The van der Waals surface area contributed by atoms with Crippen molar-refractivity contribution in [2.75, 3.05) is 27.9 Å². The molecule has 5 N–H and O–H groups in total. The number of carbonyl (C=O) groups is 4. The molecule has 0 unspecified atom stereocenters. The second kappa shape index (κ2) is 22.7. The molecular weight excluding hydrogens is 750 g/mol. The van der Waals surface area contributed by atoms with E-state index in [-0.39, 0.29) is 49.5 Å². The number of ether oxygens (including phenoxy) is 4. The first-order chi connectivity index (χ1) is 27.3. The zero-order chi connectivity index (χ0) is 43.5. The van der Waals surface area contributed by atoms with Crippen LogP contribution in [0.4, 0.5) is 0 Å². The quantitative estimate of drug-likeness (QED) is 0.108. The Labute approximate surface area is 344 Å². The number of nitrogens with zero attached hydrogens (tertiary/aromatic N) is 1. The number of methoxy groups -OCH3 is 3. The zero-order valence-corrected chi connectivity index (χ0v) is 35.9. The molecule has 1 saturated heterocycles. The second-order valence-electron chi connectivity index (χ2n) is 17.2. The number of Topliss-reactive ketones (excluding diaryl/α,β-unsaturated/α-hetero) is 2. The number of hydrogen-bond donors (Lipinski definition) is 5. The lowest BCUT2D eigenvalue weighted by molar-refractivity contribution is -0.206. The number of fused-ring (bicyclic) bond motifs is 1. The molecule has 0 radical (unpaired) electrons. The Kier molecular flexibility index (Phi) is 19.4. The van der Waals surface area contributed by atoms with Gasteiger partial charge in [-0.3, -0.25) is 14.4 Å². The van der Waals surface area contributed by atoms with Crippen molar-refractivity contribution in [3.05, 3.63) is 36.0 Å². The van der Waals surface area contributed by atoms with E-state index >= 15 is 0 Å². The Morgan fingerprint density at radius 2 is 1.53 bits per heavy atom. The third-order valence-electron chi connectivity index (χ3n) is 12.5. The van der Waals surface area contributed by atoms with E-state index in [9.17, 15) is 44.7 Å². The van der Waals surface area contributed by atoms with Gasteiger partial charge in [-0.15, -0.1) is 6.58 Å². The molecular formula is C44H71NO13. The number of piperidine rings is 1. The number of cyclic esters (lactones) is 1. The molecule has 3 rings (SSSR count). The predicted molar refractivity (Wildman–Crippen MR) is 216 cm³/mol. The van der Waals surface area contributed by atoms with Crippen molar-refractivity contribution in [3.8, 4) is 0 Å². The molecule has 2 aliphatic heterocycles. The van der Waals surface area contributed by atoms with Gasteiger partial charge in [-0.05, 0) is 95.5 Å². The number of carbonyl (C=O) groups excluding carboxylic acids is 4. The average molecular weight is 822 g/mol. The first-order valence-electron chi connectivity index (χ1n) is 20.9. The summed E-state index contributed by atoms with van der Waals surface area (Å²) in [4.78, 5) is 56.6. The molecule has 3 aliphatic rings. The van der Waals surface area contributed by atoms with Gasteiger partial charge in [-0.2, -0.15) is 0 Å². The van der Waals surface area contributed by atoms with E-state index < -0.39 is 83.9 Å². The fourth-order valence-electron chi connectivity index (χ4n) is 9.01. The number of hydrogen-bond acceptors (Lipinski definition) is 13. The molecule has 2 heterocycles. The first-order valence-corrected chi connectivity index (χ1v) is 20.9. The van der Waals surface area contributed by atoms with Gasteiger partial charge in [0.05, 0.1) is 30.5 Å². The van der Waals surface area contributed by atoms with Gasteiger partial charge >= 0.3 is 11.8 Å². The zero-order valence-electron chi connectivity index (χ0n) is 35.9. The summed E-state index contributed by atoms with van der Waals surface area (Å²) in [6, 6.07) is -1.28. The highest BCUT2D eigenvalue weighted by molar-refractivity contribution is 6.08. The number of esters is 1. The molecule has 2 fully saturated rings. The fraction of sp³-hybridized carbons (Fsp3) is 0.773. The van der Waals surface area contributed by atoms with Crippen molar-refractivity contribution in [2.24, 2.45) is 29.6 Å². The van der Waals surface area contributed by atoms with Crippen LogP contribution in [0.3, 0.4) is 0 Å². The monoisotopic (exact) mass is 821 g/mol. The summed E-state index contributed by atoms with van der Waals surface area (Å²) >= 11 is 0. The molecule has 14 nitrogen and oxygen atoms in total. The summed E-state index contributed by atoms with van der Waals surface area (Å²) in [5.74, 6) is -9.80. The smallest absolute Gasteiger partial charge is 0.329 e. The molecule has 0 aromatic rings. The molecule has 13 atom stereocenters. The molecule has 0 aromatic carbocycles. The summed E-state index contributed by atoms with van der Waals surface area (Å²) in [5.41, 5.74) is 1.52. The van der Waals surface area contributed by atoms with Crippen molar-refractivity contribution in [1.82, 2.24) is 4.90 Å². The minimum absolute atomic E-state index is 0.0337. The molecule has 0 spiro atoms. The van der Waals surface area contributed by atoms with Crippen LogP contribution < -0.4 is 0 Å². The van der Waals surface area contributed by atoms with Gasteiger partial charge < -0.3 is 49.4 Å². The SMILES string of the molecule is C=CC[C@@H]1/C=C(\C)C[C@H](C)C[C@H](OC)[C@@H](O)[C@@H](OC)C[C@@H](C)C(=O)C(O)(O)C(=O)N2CCCC[C@H]2C(=O)O[C@H](/C(C)=C/[C@@H]2CC[C@@H](O)[C@H](OC)C2)[C@H](C)[C@@H](O)CC1=O. The number of aliphatic hydroxyl groups excluding tert-OH is 3. The van der Waals surface area contributed by atoms with E-state index in [1.54, 1.807) is 19.9 Å². The summed E-state index contributed by atoms with van der Waals surface area (Å²) in [6.45, 7) is 12.6. The van der Waals surface area contributed by atoms with Crippen LogP contribution in [0.2, 0.25) is 0 Å². The normalized spacial score (nSPS) is 38.3. The van der Waals surface area contributed by atoms with Gasteiger partial charge in [0.15, 0.2) is 0 Å². The third kappa shape index (κ3) is 12.8. The van der Waals surface area contributed by atoms with Gasteiger partial charge in [0.25, 0.3) is 5.91 Å². The van der Waals surface area contributed by atoms with Crippen molar-refractivity contribution in [1.29, 1.82) is 0 Å². The lowest BCUT2D eigenvalue weighted by atomic mass is 9.81. The lowest BCUT2D eigenvalue weighted by Gasteiger charge is -2.39. The molecule has 14 heteroatoms. The largest absolute Gasteiger partial charge is 0.456 e. The molecule has 1 amide bonds. The van der Waals surface area contributed by atoms with E-state index in [1.807, 2.05) is 26.0 Å². The van der Waals surface area contributed by atoms with E-state index in [0.717, 1.165) is 10.5 Å². The van der Waals surface area contributed by atoms with Gasteiger partial charge in [0.2, 0.25) is 5.78 Å². The predicted octanol–water partition coefficient (Wildman–Crippen LogP) is 3.59. The van der Waals surface area contributed by atoms with Crippen molar-refractivity contribution in [2.45, 2.75) is 160 Å². The van der Waals surface area contributed by atoms with Crippen LogP contribution in [0.25, 0.3) is 0 Å². The topological polar surface area (TPSA) is 210 Å². The van der Waals surface area contributed by atoms with E-state index in [4.69, 9.17) is 18.9 Å². The molecule has 0 bridgehead atoms. The molecule has 330 valence electrons. The highest BCUT2D eigenvalue weighted by Gasteiger charge is 2.51. The van der Waals surface area contributed by atoms with Crippen LogP contribution in [0.1, 0.15) is 105 Å². The Balaban J connectivity index is 2.10. The first kappa shape index (κ1) is 49.5. The Hall–Kier alpha value is -2.82. The number of amides is 1.